The fourth-order valence-corrected chi connectivity index (χ4v) is 3.38. The minimum Gasteiger partial charge on any atom is -0.466 e. The first kappa shape index (κ1) is 16.1. The molecular formula is C17H20N4O3. The summed E-state index contributed by atoms with van der Waals surface area (Å²) in [7, 11) is 0. The second-order valence-electron chi connectivity index (χ2n) is 5.90. The Morgan fingerprint density at radius 2 is 2.46 bits per heavy atom. The van der Waals surface area contributed by atoms with Crippen LogP contribution in [0.3, 0.4) is 0 Å². The van der Waals surface area contributed by atoms with Gasteiger partial charge in [0.15, 0.2) is 0 Å². The molecule has 0 saturated carbocycles. The van der Waals surface area contributed by atoms with Crippen molar-refractivity contribution in [2.45, 2.75) is 38.5 Å². The third-order valence-electron chi connectivity index (χ3n) is 4.41. The van der Waals surface area contributed by atoms with Gasteiger partial charge in [-0.05, 0) is 32.1 Å². The Bertz CT molecular complexity index is 742. The molecule has 2 atom stereocenters. The average Bonchev–Trinajstić information content (AvgIpc) is 2.96. The summed E-state index contributed by atoms with van der Waals surface area (Å²) in [4.78, 5) is 11.9. The Balaban J connectivity index is 2.02. The number of allylic oxidation sites excluding steroid dienone is 3. The number of hydrogen-bond donors (Lipinski definition) is 2. The number of nitrogens with two attached hydrogens (primary N) is 1. The predicted molar refractivity (Wildman–Crippen MR) is 85.6 cm³/mol. The summed E-state index contributed by atoms with van der Waals surface area (Å²) < 4.78 is 10.5. The van der Waals surface area contributed by atoms with Crippen LogP contribution in [0.25, 0.3) is 0 Å². The van der Waals surface area contributed by atoms with Crippen LogP contribution >= 0.6 is 0 Å². The summed E-state index contributed by atoms with van der Waals surface area (Å²) in [5.74, 6) is -0.0347. The third kappa shape index (κ3) is 2.87. The van der Waals surface area contributed by atoms with Crippen molar-refractivity contribution in [2.24, 2.45) is 11.7 Å². The highest BCUT2D eigenvalue weighted by Crippen LogP contribution is 2.45. The van der Waals surface area contributed by atoms with Gasteiger partial charge in [-0.25, -0.2) is 0 Å². The number of nitrogens with one attached hydrogen (secondary N) is 1. The van der Waals surface area contributed by atoms with Crippen LogP contribution in [-0.2, 0) is 16.0 Å². The Kier molecular flexibility index (Phi) is 4.56. The van der Waals surface area contributed by atoms with E-state index in [0.717, 1.165) is 24.8 Å². The number of aromatic amines is 1. The molecule has 7 nitrogen and oxygen atoms in total. The Morgan fingerprint density at radius 3 is 3.12 bits per heavy atom. The predicted octanol–water partition coefficient (Wildman–Crippen LogP) is 2.04. The summed E-state index contributed by atoms with van der Waals surface area (Å²) in [5, 5.41) is 16.5. The first-order valence-corrected chi connectivity index (χ1v) is 8.12. The van der Waals surface area contributed by atoms with Crippen molar-refractivity contribution in [1.82, 2.24) is 10.2 Å². The van der Waals surface area contributed by atoms with Gasteiger partial charge in [-0.1, -0.05) is 12.2 Å². The van der Waals surface area contributed by atoms with Crippen LogP contribution in [-0.4, -0.2) is 22.8 Å². The molecule has 1 aromatic rings. The molecule has 0 fully saturated rings. The van der Waals surface area contributed by atoms with Crippen LogP contribution in [0.2, 0.25) is 0 Å². The van der Waals surface area contributed by atoms with Crippen molar-refractivity contribution < 1.29 is 14.3 Å². The van der Waals surface area contributed by atoms with Crippen molar-refractivity contribution in [2.75, 3.05) is 6.61 Å². The van der Waals surface area contributed by atoms with E-state index in [1.165, 1.54) is 0 Å². The lowest BCUT2D eigenvalue weighted by atomic mass is 9.75. The van der Waals surface area contributed by atoms with Crippen LogP contribution in [0.5, 0.6) is 5.88 Å². The van der Waals surface area contributed by atoms with Crippen molar-refractivity contribution >= 4 is 5.97 Å². The molecule has 1 aromatic heterocycles. The van der Waals surface area contributed by atoms with E-state index in [-0.39, 0.29) is 30.1 Å². The second kappa shape index (κ2) is 6.79. The molecule has 2 aliphatic rings. The fourth-order valence-electron chi connectivity index (χ4n) is 3.38. The van der Waals surface area contributed by atoms with E-state index in [9.17, 15) is 10.1 Å². The van der Waals surface area contributed by atoms with Gasteiger partial charge in [-0.2, -0.15) is 5.26 Å². The molecule has 1 aliphatic carbocycles. The Morgan fingerprint density at radius 1 is 1.62 bits per heavy atom. The molecule has 3 rings (SSSR count). The first-order valence-electron chi connectivity index (χ1n) is 8.12. The van der Waals surface area contributed by atoms with Gasteiger partial charge in [-0.3, -0.25) is 9.89 Å². The number of carbonyl (C=O) groups is 1. The summed E-state index contributed by atoms with van der Waals surface area (Å²) in [6.45, 7) is 2.08. The number of aromatic nitrogens is 2. The van der Waals surface area contributed by atoms with E-state index < -0.39 is 0 Å². The third-order valence-corrected chi connectivity index (χ3v) is 4.41. The van der Waals surface area contributed by atoms with Gasteiger partial charge in [0.05, 0.1) is 24.3 Å². The standard InChI is InChI=1S/C17H20N4O3/c1-2-23-13(22)8-12-15-14(10-6-4-3-5-7-10)11(9-18)16(19)24-17(15)21-20-12/h4,6,10,14H,2-3,5,7-8,19H2,1H3,(H,20,21)/t10-,14-/m0/s1. The molecule has 0 bridgehead atoms. The first-order chi connectivity index (χ1) is 11.7. The molecule has 126 valence electrons. The lowest BCUT2D eigenvalue weighted by Gasteiger charge is -2.30. The Hall–Kier alpha value is -2.75. The lowest BCUT2D eigenvalue weighted by Crippen LogP contribution is -2.26. The van der Waals surface area contributed by atoms with Crippen molar-refractivity contribution in [3.05, 3.63) is 34.9 Å². The molecule has 0 saturated heterocycles. The number of rotatable bonds is 4. The summed E-state index contributed by atoms with van der Waals surface area (Å²) in [6.07, 6.45) is 7.34. The summed E-state index contributed by atoms with van der Waals surface area (Å²) >= 11 is 0. The molecule has 0 amide bonds. The smallest absolute Gasteiger partial charge is 0.311 e. The molecule has 7 heteroatoms. The number of H-pyrrole nitrogens is 1. The summed E-state index contributed by atoms with van der Waals surface area (Å²) in [6, 6.07) is 2.18. The largest absolute Gasteiger partial charge is 0.466 e. The van der Waals surface area contributed by atoms with Gasteiger partial charge in [0, 0.05) is 11.5 Å². The van der Waals surface area contributed by atoms with Crippen molar-refractivity contribution in [3.63, 3.8) is 0 Å². The van der Waals surface area contributed by atoms with Gasteiger partial charge < -0.3 is 15.2 Å². The average molecular weight is 328 g/mol. The number of hydrogen-bond acceptors (Lipinski definition) is 6. The molecule has 1 aliphatic heterocycles. The zero-order valence-electron chi connectivity index (χ0n) is 13.5. The van der Waals surface area contributed by atoms with Gasteiger partial charge in [0.1, 0.15) is 6.07 Å². The van der Waals surface area contributed by atoms with Crippen LogP contribution < -0.4 is 10.5 Å². The number of fused-ring (bicyclic) bond motifs is 1. The van der Waals surface area contributed by atoms with Gasteiger partial charge in [0.2, 0.25) is 11.8 Å². The quantitative estimate of drug-likeness (QED) is 0.646. The van der Waals surface area contributed by atoms with Gasteiger partial charge in [0.25, 0.3) is 0 Å². The van der Waals surface area contributed by atoms with Crippen molar-refractivity contribution in [1.29, 1.82) is 5.26 Å². The van der Waals surface area contributed by atoms with E-state index in [4.69, 9.17) is 15.2 Å². The number of nitrogens with zero attached hydrogens (tertiary/aromatic N) is 2. The fraction of sp³-hybridized carbons (Fsp3) is 0.471. The van der Waals surface area contributed by atoms with E-state index in [2.05, 4.69) is 28.4 Å². The minimum atomic E-state index is -0.345. The highest BCUT2D eigenvalue weighted by atomic mass is 16.5. The number of carbonyl (C=O) groups excluding carboxylic acids is 1. The molecule has 3 N–H and O–H groups in total. The maximum Gasteiger partial charge on any atom is 0.311 e. The highest BCUT2D eigenvalue weighted by molar-refractivity contribution is 5.73. The number of ether oxygens (including phenoxy) is 2. The van der Waals surface area contributed by atoms with Crippen LogP contribution in [0.15, 0.2) is 23.6 Å². The number of nitriles is 1. The number of esters is 1. The lowest BCUT2D eigenvalue weighted by molar-refractivity contribution is -0.142. The van der Waals surface area contributed by atoms with Crippen LogP contribution in [0.1, 0.15) is 43.4 Å². The minimum absolute atomic E-state index is 0.0606. The molecule has 0 aromatic carbocycles. The maximum absolute atomic E-state index is 11.9. The van der Waals surface area contributed by atoms with Crippen molar-refractivity contribution in [3.8, 4) is 11.9 Å². The molecule has 0 radical (unpaired) electrons. The van der Waals surface area contributed by atoms with Crippen LogP contribution in [0.4, 0.5) is 0 Å². The van der Waals surface area contributed by atoms with E-state index in [0.29, 0.717) is 23.8 Å². The van der Waals surface area contributed by atoms with E-state index in [1.807, 2.05) is 0 Å². The van der Waals surface area contributed by atoms with E-state index in [1.54, 1.807) is 6.92 Å². The Labute approximate surface area is 140 Å². The zero-order valence-corrected chi connectivity index (χ0v) is 13.5. The SMILES string of the molecule is CCOC(=O)Cc1[nH]nc2c1[C@@H]([C@H]1C=CCCC1)C(C#N)=C(N)O2. The highest BCUT2D eigenvalue weighted by Gasteiger charge is 2.38. The molecule has 0 unspecified atom stereocenters. The molecule has 2 heterocycles. The monoisotopic (exact) mass is 328 g/mol. The topological polar surface area (TPSA) is 114 Å². The van der Waals surface area contributed by atoms with E-state index >= 15 is 0 Å². The van der Waals surface area contributed by atoms with Crippen LogP contribution in [0, 0.1) is 17.2 Å². The normalized spacial score (nSPS) is 22.5. The molecular weight excluding hydrogens is 308 g/mol. The van der Waals surface area contributed by atoms with Gasteiger partial charge >= 0.3 is 5.97 Å². The molecule has 24 heavy (non-hydrogen) atoms. The molecule has 0 spiro atoms. The summed E-state index contributed by atoms with van der Waals surface area (Å²) in [5.41, 5.74) is 7.68. The second-order valence-corrected chi connectivity index (χ2v) is 5.90. The van der Waals surface area contributed by atoms with Gasteiger partial charge in [-0.15, -0.1) is 5.10 Å². The zero-order chi connectivity index (χ0) is 17.1. The maximum atomic E-state index is 11.9.